The highest BCUT2D eigenvalue weighted by molar-refractivity contribution is 6.43. The molecule has 0 spiro atoms. The van der Waals surface area contributed by atoms with E-state index >= 15 is 0 Å². The van der Waals surface area contributed by atoms with Crippen LogP contribution in [0.4, 0.5) is 0 Å². The molecule has 0 aromatic heterocycles. The summed E-state index contributed by atoms with van der Waals surface area (Å²) >= 11 is 12.0. The number of carbonyl (C=O) groups is 1. The van der Waals surface area contributed by atoms with E-state index in [1.165, 1.54) is 0 Å². The maximum absolute atomic E-state index is 12.1. The summed E-state index contributed by atoms with van der Waals surface area (Å²) in [6.45, 7) is 8.21. The minimum absolute atomic E-state index is 0.0354. The van der Waals surface area contributed by atoms with E-state index in [9.17, 15) is 4.79 Å². The summed E-state index contributed by atoms with van der Waals surface area (Å²) < 4.78 is 0. The van der Waals surface area contributed by atoms with Gasteiger partial charge in [0.25, 0.3) is 0 Å². The van der Waals surface area contributed by atoms with Crippen molar-refractivity contribution in [3.8, 4) is 0 Å². The van der Waals surface area contributed by atoms with Crippen molar-refractivity contribution in [3.63, 3.8) is 0 Å². The fourth-order valence-electron chi connectivity index (χ4n) is 2.04. The van der Waals surface area contributed by atoms with Gasteiger partial charge in [0, 0.05) is 25.1 Å². The zero-order chi connectivity index (χ0) is 14.6. The standard InChI is InChI=1S/C15H21Cl2NO/c1-15(2,3)10-18(4)9-8-13(19)11-6-5-7-12(16)14(11)17/h5-7H,8-10H2,1-4H3. The van der Waals surface area contributed by atoms with Gasteiger partial charge >= 0.3 is 0 Å². The first-order chi connectivity index (χ1) is 8.70. The van der Waals surface area contributed by atoms with Crippen molar-refractivity contribution < 1.29 is 4.79 Å². The molecule has 0 aliphatic rings. The predicted octanol–water partition coefficient (Wildman–Crippen LogP) is 4.54. The predicted molar refractivity (Wildman–Crippen MR) is 82.4 cm³/mol. The van der Waals surface area contributed by atoms with Gasteiger partial charge in [0.15, 0.2) is 5.78 Å². The fraction of sp³-hybridized carbons (Fsp3) is 0.533. The fourth-order valence-corrected chi connectivity index (χ4v) is 2.44. The van der Waals surface area contributed by atoms with Crippen LogP contribution < -0.4 is 0 Å². The lowest BCUT2D eigenvalue weighted by Crippen LogP contribution is -2.31. The third-order valence-corrected chi connectivity index (χ3v) is 3.54. The Morgan fingerprint density at radius 1 is 1.26 bits per heavy atom. The van der Waals surface area contributed by atoms with E-state index in [2.05, 4.69) is 25.7 Å². The molecule has 0 N–H and O–H groups in total. The number of rotatable bonds is 5. The molecule has 0 aliphatic heterocycles. The zero-order valence-corrected chi connectivity index (χ0v) is 13.5. The number of Topliss-reactive ketones (excluding diaryl/α,β-unsaturated/α-hetero) is 1. The smallest absolute Gasteiger partial charge is 0.165 e. The van der Waals surface area contributed by atoms with Crippen molar-refractivity contribution in [1.82, 2.24) is 4.90 Å². The Balaban J connectivity index is 2.59. The lowest BCUT2D eigenvalue weighted by molar-refractivity contribution is 0.0961. The second kappa shape index (κ2) is 6.74. The Hall–Kier alpha value is -0.570. The van der Waals surface area contributed by atoms with E-state index in [0.29, 0.717) is 22.0 Å². The molecular formula is C15H21Cl2NO. The van der Waals surface area contributed by atoms with Crippen molar-refractivity contribution in [3.05, 3.63) is 33.8 Å². The van der Waals surface area contributed by atoms with Gasteiger partial charge < -0.3 is 4.90 Å². The van der Waals surface area contributed by atoms with Crippen LogP contribution in [-0.2, 0) is 0 Å². The van der Waals surface area contributed by atoms with Crippen LogP contribution in [0.3, 0.4) is 0 Å². The molecule has 0 fully saturated rings. The topological polar surface area (TPSA) is 20.3 Å². The molecule has 0 bridgehead atoms. The molecule has 0 saturated heterocycles. The number of carbonyl (C=O) groups excluding carboxylic acids is 1. The third-order valence-electron chi connectivity index (χ3n) is 2.72. The van der Waals surface area contributed by atoms with Crippen LogP contribution in [0.1, 0.15) is 37.6 Å². The average molecular weight is 302 g/mol. The monoisotopic (exact) mass is 301 g/mol. The Morgan fingerprint density at radius 3 is 2.47 bits per heavy atom. The van der Waals surface area contributed by atoms with Crippen molar-refractivity contribution in [1.29, 1.82) is 0 Å². The number of hydrogen-bond donors (Lipinski definition) is 0. The second-order valence-corrected chi connectivity index (χ2v) is 6.86. The van der Waals surface area contributed by atoms with E-state index in [4.69, 9.17) is 23.2 Å². The quantitative estimate of drug-likeness (QED) is 0.744. The molecule has 0 saturated carbocycles. The Kier molecular flexibility index (Phi) is 5.84. The molecule has 2 nitrogen and oxygen atoms in total. The highest BCUT2D eigenvalue weighted by Gasteiger charge is 2.16. The molecule has 0 heterocycles. The number of nitrogens with zero attached hydrogens (tertiary/aromatic N) is 1. The number of hydrogen-bond acceptors (Lipinski definition) is 2. The lowest BCUT2D eigenvalue weighted by atomic mass is 9.96. The molecule has 19 heavy (non-hydrogen) atoms. The van der Waals surface area contributed by atoms with Gasteiger partial charge in [0.2, 0.25) is 0 Å². The molecule has 106 valence electrons. The van der Waals surface area contributed by atoms with Crippen LogP contribution in [-0.4, -0.2) is 30.8 Å². The summed E-state index contributed by atoms with van der Waals surface area (Å²) in [6, 6.07) is 5.16. The van der Waals surface area contributed by atoms with Gasteiger partial charge in [-0.3, -0.25) is 4.79 Å². The third kappa shape index (κ3) is 5.52. The Bertz CT molecular complexity index is 452. The highest BCUT2D eigenvalue weighted by Crippen LogP contribution is 2.26. The highest BCUT2D eigenvalue weighted by atomic mass is 35.5. The van der Waals surface area contributed by atoms with Crippen LogP contribution in [0, 0.1) is 5.41 Å². The van der Waals surface area contributed by atoms with Crippen molar-refractivity contribution in [2.24, 2.45) is 5.41 Å². The van der Waals surface area contributed by atoms with Crippen LogP contribution in [0.5, 0.6) is 0 Å². The average Bonchev–Trinajstić information content (AvgIpc) is 2.27. The number of ketones is 1. The SMILES string of the molecule is CN(CCC(=O)c1cccc(Cl)c1Cl)CC(C)(C)C. The van der Waals surface area contributed by atoms with Gasteiger partial charge in [-0.1, -0.05) is 50.0 Å². The summed E-state index contributed by atoms with van der Waals surface area (Å²) in [5.41, 5.74) is 0.740. The van der Waals surface area contributed by atoms with Gasteiger partial charge in [-0.05, 0) is 24.6 Å². The van der Waals surface area contributed by atoms with E-state index in [1.54, 1.807) is 18.2 Å². The first kappa shape index (κ1) is 16.5. The molecule has 1 aromatic carbocycles. The lowest BCUT2D eigenvalue weighted by Gasteiger charge is -2.26. The molecule has 1 rings (SSSR count). The van der Waals surface area contributed by atoms with Crippen LogP contribution in [0.25, 0.3) is 0 Å². The van der Waals surface area contributed by atoms with Crippen molar-refractivity contribution >= 4 is 29.0 Å². The first-order valence-corrected chi connectivity index (χ1v) is 7.12. The maximum atomic E-state index is 12.1. The minimum atomic E-state index is 0.0354. The summed E-state index contributed by atoms with van der Waals surface area (Å²) in [5.74, 6) is 0.0354. The molecule has 0 radical (unpaired) electrons. The molecule has 1 aromatic rings. The van der Waals surface area contributed by atoms with Crippen LogP contribution >= 0.6 is 23.2 Å². The van der Waals surface area contributed by atoms with Crippen molar-refractivity contribution in [2.75, 3.05) is 20.1 Å². The molecule has 0 amide bonds. The first-order valence-electron chi connectivity index (χ1n) is 6.36. The second-order valence-electron chi connectivity index (χ2n) is 6.07. The van der Waals surface area contributed by atoms with Crippen LogP contribution in [0.2, 0.25) is 10.0 Å². The number of benzene rings is 1. The van der Waals surface area contributed by atoms with Gasteiger partial charge in [0.1, 0.15) is 0 Å². The van der Waals surface area contributed by atoms with Crippen molar-refractivity contribution in [2.45, 2.75) is 27.2 Å². The molecule has 0 unspecified atom stereocenters. The van der Waals surface area contributed by atoms with Gasteiger partial charge in [-0.25, -0.2) is 0 Å². The van der Waals surface area contributed by atoms with E-state index in [1.807, 2.05) is 7.05 Å². The summed E-state index contributed by atoms with van der Waals surface area (Å²) in [5, 5.41) is 0.781. The summed E-state index contributed by atoms with van der Waals surface area (Å²) in [7, 11) is 2.03. The molecule has 4 heteroatoms. The normalized spacial score (nSPS) is 11.9. The summed E-state index contributed by atoms with van der Waals surface area (Å²) in [6.07, 6.45) is 0.451. The molecular weight excluding hydrogens is 281 g/mol. The largest absolute Gasteiger partial charge is 0.305 e. The van der Waals surface area contributed by atoms with Gasteiger partial charge in [-0.15, -0.1) is 0 Å². The molecule has 0 aliphatic carbocycles. The number of halogens is 2. The van der Waals surface area contributed by atoms with Gasteiger partial charge in [0.05, 0.1) is 10.0 Å². The van der Waals surface area contributed by atoms with Crippen LogP contribution in [0.15, 0.2) is 18.2 Å². The van der Waals surface area contributed by atoms with E-state index in [0.717, 1.165) is 13.1 Å². The van der Waals surface area contributed by atoms with Gasteiger partial charge in [-0.2, -0.15) is 0 Å². The summed E-state index contributed by atoms with van der Waals surface area (Å²) in [4.78, 5) is 14.3. The van der Waals surface area contributed by atoms with E-state index in [-0.39, 0.29) is 11.2 Å². The Labute approximate surface area is 125 Å². The minimum Gasteiger partial charge on any atom is -0.305 e. The Morgan fingerprint density at radius 2 is 1.89 bits per heavy atom. The maximum Gasteiger partial charge on any atom is 0.165 e. The molecule has 0 atom stereocenters. The zero-order valence-electron chi connectivity index (χ0n) is 12.0. The van der Waals surface area contributed by atoms with E-state index < -0.39 is 0 Å².